The van der Waals surface area contributed by atoms with Crippen LogP contribution in [0.2, 0.25) is 0 Å². The minimum Gasteiger partial charge on any atom is -0.356 e. The quantitative estimate of drug-likeness (QED) is 0.128. The topological polar surface area (TPSA) is 233 Å². The van der Waals surface area contributed by atoms with Crippen molar-refractivity contribution >= 4 is 14.3 Å². The summed E-state index contributed by atoms with van der Waals surface area (Å²) in [5, 5.41) is 43.5. The van der Waals surface area contributed by atoms with Crippen LogP contribution < -0.4 is 0 Å². The van der Waals surface area contributed by atoms with E-state index in [2.05, 4.69) is 125 Å². The van der Waals surface area contributed by atoms with Crippen molar-refractivity contribution in [3.63, 3.8) is 0 Å². The van der Waals surface area contributed by atoms with E-state index >= 15 is 0 Å². The third-order valence-corrected chi connectivity index (χ3v) is 17.0. The van der Waals surface area contributed by atoms with Crippen LogP contribution in [0, 0.1) is 92.9 Å². The van der Waals surface area contributed by atoms with Gasteiger partial charge in [0.25, 0.3) is 0 Å². The Morgan fingerprint density at radius 2 is 0.390 bits per heavy atom. The van der Waals surface area contributed by atoms with E-state index in [0.29, 0.717) is 0 Å². The molecule has 0 unspecified atom stereocenters. The molecule has 0 fully saturated rings. The number of hydrogen-bond acceptors (Lipinski definition) is 11. The Kier molecular flexibility index (Phi) is 23.9. The molecule has 0 aromatic heterocycles. The summed E-state index contributed by atoms with van der Waals surface area (Å²) in [7, 11) is -4.54. The van der Waals surface area contributed by atoms with Crippen LogP contribution in [0.3, 0.4) is 0 Å². The molecule has 0 aromatic carbocycles. The number of hydrogen-bond donors (Lipinski definition) is 0. The van der Waals surface area contributed by atoms with Crippen LogP contribution in [0.15, 0.2) is 0 Å². The molecule has 0 rings (SSSR count). The monoisotopic (exact) mass is 796 g/mol. The third-order valence-electron chi connectivity index (χ3n) is 5.67. The zero-order chi connectivity index (χ0) is 34.7. The Balaban J connectivity index is -0.000000106. The molecule has 0 aliphatic rings. The Morgan fingerprint density at radius 3 is 0.390 bits per heavy atom. The number of nitrogens with zero attached hydrogens (tertiary/aromatic N) is 3. The van der Waals surface area contributed by atoms with E-state index in [1.807, 2.05) is 0 Å². The second-order valence-electron chi connectivity index (χ2n) is 14.9. The maximum absolute atomic E-state index is 13.3. The SMILES string of the molecule is CC(C)(C)P(=O)(C(C)(C)C)C(C)(C)C.CC(C)(C)P(=O)(C(C)(C)C)C(C)(C)C.O=[N+]([O-])[O-].O=[N+]([O-])[O-].O=[N+]([O-])[O-].[Yb+3]. The van der Waals surface area contributed by atoms with E-state index in [1.165, 1.54) is 0 Å². The molecule has 0 N–H and O–H groups in total. The zero-order valence-corrected chi connectivity index (χ0v) is 31.5. The Labute approximate surface area is 285 Å². The van der Waals surface area contributed by atoms with E-state index in [4.69, 9.17) is 46.0 Å². The van der Waals surface area contributed by atoms with Gasteiger partial charge < -0.3 is 55.1 Å². The van der Waals surface area contributed by atoms with Crippen molar-refractivity contribution in [2.75, 3.05) is 0 Å². The first kappa shape index (κ1) is 53.2. The van der Waals surface area contributed by atoms with Gasteiger partial charge in [0.1, 0.15) is 14.3 Å². The standard InChI is InChI=1S/2C12H27OP.3NO3.Yb/c2*1-10(2,3)14(13,11(4,5)6)12(7,8)9;3*2-1(3)4;/h2*1-9H3;;;;/q;;3*-1;+3. The van der Waals surface area contributed by atoms with E-state index in [1.54, 1.807) is 0 Å². The summed E-state index contributed by atoms with van der Waals surface area (Å²) in [5.74, 6) is 0. The van der Waals surface area contributed by atoms with Crippen LogP contribution in [-0.4, -0.2) is 46.2 Å². The molecular weight excluding hydrogens is 741 g/mol. The fourth-order valence-electron chi connectivity index (χ4n) is 6.04. The summed E-state index contributed by atoms with van der Waals surface area (Å²) in [6.07, 6.45) is 0. The molecule has 0 spiro atoms. The summed E-state index contributed by atoms with van der Waals surface area (Å²) in [6.45, 7) is 37.8. The second-order valence-corrected chi connectivity index (χ2v) is 25.4. The molecule has 0 aliphatic heterocycles. The molecule has 0 heterocycles. The molecule has 0 amide bonds. The normalized spacial score (nSPS) is 12.5. The van der Waals surface area contributed by atoms with Crippen molar-refractivity contribution in [3.05, 3.63) is 46.0 Å². The van der Waals surface area contributed by atoms with E-state index in [0.717, 1.165) is 0 Å². The van der Waals surface area contributed by atoms with E-state index < -0.39 is 29.5 Å². The van der Waals surface area contributed by atoms with Crippen LogP contribution in [0.4, 0.5) is 0 Å². The van der Waals surface area contributed by atoms with Gasteiger partial charge in [-0.25, -0.2) is 0 Å². The molecule has 1 radical (unpaired) electrons. The largest absolute Gasteiger partial charge is 3.00 e. The summed E-state index contributed by atoms with van der Waals surface area (Å²) in [4.78, 5) is 24.8. The van der Waals surface area contributed by atoms with Gasteiger partial charge in [-0.1, -0.05) is 125 Å². The van der Waals surface area contributed by atoms with Gasteiger partial charge in [-0.15, -0.1) is 0 Å². The second kappa shape index (κ2) is 18.4. The van der Waals surface area contributed by atoms with Gasteiger partial charge in [-0.05, 0) is 0 Å². The summed E-state index contributed by atoms with van der Waals surface area (Å²) >= 11 is 0. The minimum atomic E-state index is -2.27. The molecule has 14 nitrogen and oxygen atoms in total. The first-order valence-corrected chi connectivity index (χ1v) is 15.8. The van der Waals surface area contributed by atoms with Crippen molar-refractivity contribution in [3.8, 4) is 0 Å². The van der Waals surface area contributed by atoms with Gasteiger partial charge in [0.05, 0.1) is 15.3 Å². The third kappa shape index (κ3) is 19.5. The molecule has 0 saturated heterocycles. The minimum absolute atomic E-state index is 0. The summed E-state index contributed by atoms with van der Waals surface area (Å²) in [5.41, 5.74) is 0. The molecular formula is C24H54N3O11P2Yb. The molecule has 0 aromatic rings. The Hall–Kier alpha value is -0.421. The average Bonchev–Trinajstić information content (AvgIpc) is 2.53. The van der Waals surface area contributed by atoms with E-state index in [9.17, 15) is 9.13 Å². The fraction of sp³-hybridized carbons (Fsp3) is 1.00. The molecule has 17 heteroatoms. The molecule has 0 saturated carbocycles. The van der Waals surface area contributed by atoms with Gasteiger partial charge in [0.15, 0.2) is 0 Å². The van der Waals surface area contributed by atoms with Gasteiger partial charge >= 0.3 is 46.9 Å². The number of rotatable bonds is 0. The van der Waals surface area contributed by atoms with Crippen molar-refractivity contribution in [1.82, 2.24) is 0 Å². The summed E-state index contributed by atoms with van der Waals surface area (Å²) in [6, 6.07) is 0. The Bertz CT molecular complexity index is 721. The Morgan fingerprint density at radius 1 is 0.341 bits per heavy atom. The average molecular weight is 796 g/mol. The van der Waals surface area contributed by atoms with Gasteiger partial charge in [-0.3, -0.25) is 0 Å². The van der Waals surface area contributed by atoms with Gasteiger partial charge in [0, 0.05) is 30.9 Å². The molecule has 41 heavy (non-hydrogen) atoms. The summed E-state index contributed by atoms with van der Waals surface area (Å²) < 4.78 is 26.6. The first-order chi connectivity index (χ1) is 16.7. The smallest absolute Gasteiger partial charge is 0.356 e. The maximum atomic E-state index is 13.3. The molecule has 0 atom stereocenters. The van der Waals surface area contributed by atoms with Gasteiger partial charge in [0.2, 0.25) is 0 Å². The van der Waals surface area contributed by atoms with Crippen molar-refractivity contribution in [2.24, 2.45) is 0 Å². The predicted molar refractivity (Wildman–Crippen MR) is 165 cm³/mol. The van der Waals surface area contributed by atoms with Crippen LogP contribution in [0.25, 0.3) is 0 Å². The van der Waals surface area contributed by atoms with Crippen LogP contribution >= 0.6 is 14.3 Å². The van der Waals surface area contributed by atoms with Crippen LogP contribution in [-0.2, 0) is 9.13 Å². The zero-order valence-electron chi connectivity index (χ0n) is 28.0. The molecule has 255 valence electrons. The van der Waals surface area contributed by atoms with Crippen molar-refractivity contribution in [2.45, 2.75) is 156 Å². The molecule has 0 bridgehead atoms. The predicted octanol–water partition coefficient (Wildman–Crippen LogP) is 8.77. The van der Waals surface area contributed by atoms with E-state index in [-0.39, 0.29) is 77.9 Å². The van der Waals surface area contributed by atoms with Crippen LogP contribution in [0.1, 0.15) is 125 Å². The fourth-order valence-corrected chi connectivity index (χ4v) is 18.1. The van der Waals surface area contributed by atoms with Crippen LogP contribution in [0.5, 0.6) is 0 Å². The first-order valence-electron chi connectivity index (χ1n) is 12.3. The molecule has 0 aliphatic carbocycles. The maximum Gasteiger partial charge on any atom is 3.00 e. The van der Waals surface area contributed by atoms with Crippen molar-refractivity contribution < 1.29 is 71.3 Å². The van der Waals surface area contributed by atoms with Crippen molar-refractivity contribution in [1.29, 1.82) is 0 Å². The van der Waals surface area contributed by atoms with Gasteiger partial charge in [-0.2, -0.15) is 0 Å².